The van der Waals surface area contributed by atoms with E-state index in [9.17, 15) is 4.79 Å². The first-order valence-electron chi connectivity index (χ1n) is 7.32. The summed E-state index contributed by atoms with van der Waals surface area (Å²) in [4.78, 5) is 17.2. The zero-order valence-corrected chi connectivity index (χ0v) is 14.3. The maximum absolute atomic E-state index is 11.6. The molecule has 1 aliphatic heterocycles. The van der Waals surface area contributed by atoms with Crippen LogP contribution in [-0.2, 0) is 16.0 Å². The van der Waals surface area contributed by atoms with Crippen molar-refractivity contribution in [3.63, 3.8) is 0 Å². The van der Waals surface area contributed by atoms with Crippen molar-refractivity contribution in [2.24, 2.45) is 0 Å². The SMILES string of the molecule is COC(=O)C1=CC[C@@H](Cc2c[nH]c3cccc(Br)c23)N(C)C1. The second-order valence-corrected chi connectivity index (χ2v) is 6.56. The van der Waals surface area contributed by atoms with E-state index in [-0.39, 0.29) is 5.97 Å². The van der Waals surface area contributed by atoms with Crippen LogP contribution in [0.3, 0.4) is 0 Å². The maximum Gasteiger partial charge on any atom is 0.334 e. The number of nitrogens with zero attached hydrogens (tertiary/aromatic N) is 1. The number of hydrogen-bond acceptors (Lipinski definition) is 3. The number of aromatic amines is 1. The summed E-state index contributed by atoms with van der Waals surface area (Å²) < 4.78 is 5.92. The van der Waals surface area contributed by atoms with Crippen molar-refractivity contribution in [1.29, 1.82) is 0 Å². The van der Waals surface area contributed by atoms with E-state index in [1.54, 1.807) is 0 Å². The average molecular weight is 363 g/mol. The largest absolute Gasteiger partial charge is 0.466 e. The molecule has 1 aromatic carbocycles. The van der Waals surface area contributed by atoms with Crippen molar-refractivity contribution in [2.45, 2.75) is 18.9 Å². The fourth-order valence-electron chi connectivity index (χ4n) is 3.06. The summed E-state index contributed by atoms with van der Waals surface area (Å²) in [7, 11) is 3.49. The quantitative estimate of drug-likeness (QED) is 0.852. The molecule has 0 amide bonds. The summed E-state index contributed by atoms with van der Waals surface area (Å²) in [6.45, 7) is 0.640. The fourth-order valence-corrected chi connectivity index (χ4v) is 3.68. The molecule has 1 N–H and O–H groups in total. The fraction of sp³-hybridized carbons (Fsp3) is 0.353. The third kappa shape index (κ3) is 2.83. The molecule has 116 valence electrons. The number of nitrogens with one attached hydrogen (secondary N) is 1. The molecule has 1 aliphatic rings. The minimum atomic E-state index is -0.222. The lowest BCUT2D eigenvalue weighted by atomic mass is 9.96. The standard InChI is InChI=1S/C17H19BrN2O2/c1-20-10-11(17(21)22-2)6-7-13(20)8-12-9-19-15-5-3-4-14(18)16(12)15/h3-6,9,13,19H,7-8,10H2,1-2H3/t13-/m0/s1. The highest BCUT2D eigenvalue weighted by molar-refractivity contribution is 9.10. The van der Waals surface area contributed by atoms with Crippen molar-refractivity contribution in [2.75, 3.05) is 20.7 Å². The minimum Gasteiger partial charge on any atom is -0.466 e. The monoisotopic (exact) mass is 362 g/mol. The Morgan fingerprint density at radius 3 is 3.05 bits per heavy atom. The van der Waals surface area contributed by atoms with Crippen molar-refractivity contribution in [1.82, 2.24) is 9.88 Å². The number of halogens is 1. The normalized spacial score (nSPS) is 19.2. The molecule has 4 nitrogen and oxygen atoms in total. The molecule has 0 unspecified atom stereocenters. The van der Waals surface area contributed by atoms with E-state index < -0.39 is 0 Å². The molecule has 22 heavy (non-hydrogen) atoms. The molecule has 5 heteroatoms. The van der Waals surface area contributed by atoms with Gasteiger partial charge in [-0.05, 0) is 37.6 Å². The van der Waals surface area contributed by atoms with Crippen molar-refractivity contribution in [3.05, 3.63) is 46.1 Å². The summed E-state index contributed by atoms with van der Waals surface area (Å²) >= 11 is 3.64. The second kappa shape index (κ2) is 6.26. The summed E-state index contributed by atoms with van der Waals surface area (Å²) in [5.74, 6) is -0.222. The van der Waals surface area contributed by atoms with Crippen molar-refractivity contribution >= 4 is 32.8 Å². The maximum atomic E-state index is 11.6. The zero-order chi connectivity index (χ0) is 15.7. The van der Waals surface area contributed by atoms with Crippen LogP contribution in [0.25, 0.3) is 10.9 Å². The Morgan fingerprint density at radius 1 is 1.50 bits per heavy atom. The number of H-pyrrole nitrogens is 1. The average Bonchev–Trinajstić information content (AvgIpc) is 2.93. The number of benzene rings is 1. The van der Waals surface area contributed by atoms with Crippen LogP contribution in [-0.4, -0.2) is 42.6 Å². The molecule has 0 radical (unpaired) electrons. The molecule has 1 atom stereocenters. The Morgan fingerprint density at radius 2 is 2.32 bits per heavy atom. The van der Waals surface area contributed by atoms with Crippen LogP contribution < -0.4 is 0 Å². The Kier molecular flexibility index (Phi) is 4.36. The van der Waals surface area contributed by atoms with Gasteiger partial charge in [0.1, 0.15) is 0 Å². The molecular formula is C17H19BrN2O2. The summed E-state index contributed by atoms with van der Waals surface area (Å²) in [5.41, 5.74) is 3.20. The van der Waals surface area contributed by atoms with Crippen LogP contribution in [0.2, 0.25) is 0 Å². The molecule has 0 bridgehead atoms. The Hall–Kier alpha value is -1.59. The Bertz CT molecular complexity index is 735. The van der Waals surface area contributed by atoms with Gasteiger partial charge < -0.3 is 9.72 Å². The van der Waals surface area contributed by atoms with Gasteiger partial charge in [0, 0.05) is 39.7 Å². The first-order valence-corrected chi connectivity index (χ1v) is 8.11. The summed E-state index contributed by atoms with van der Waals surface area (Å²) in [6, 6.07) is 6.58. The van der Waals surface area contributed by atoms with E-state index in [1.807, 2.05) is 12.1 Å². The van der Waals surface area contributed by atoms with E-state index in [0.29, 0.717) is 12.6 Å². The highest BCUT2D eigenvalue weighted by Crippen LogP contribution is 2.29. The van der Waals surface area contributed by atoms with Gasteiger partial charge in [-0.3, -0.25) is 4.90 Å². The van der Waals surface area contributed by atoms with Gasteiger partial charge in [-0.2, -0.15) is 0 Å². The number of aromatic nitrogens is 1. The third-order valence-electron chi connectivity index (χ3n) is 4.32. The highest BCUT2D eigenvalue weighted by atomic mass is 79.9. The van der Waals surface area contributed by atoms with Gasteiger partial charge in [-0.25, -0.2) is 4.79 Å². The van der Waals surface area contributed by atoms with E-state index in [0.717, 1.165) is 28.4 Å². The van der Waals surface area contributed by atoms with Gasteiger partial charge in [0.2, 0.25) is 0 Å². The molecule has 0 saturated heterocycles. The van der Waals surface area contributed by atoms with Gasteiger partial charge in [0.15, 0.2) is 0 Å². The van der Waals surface area contributed by atoms with Gasteiger partial charge in [0.05, 0.1) is 7.11 Å². The lowest BCUT2D eigenvalue weighted by molar-refractivity contribution is -0.136. The molecule has 0 saturated carbocycles. The predicted molar refractivity (Wildman–Crippen MR) is 90.8 cm³/mol. The van der Waals surface area contributed by atoms with E-state index >= 15 is 0 Å². The van der Waals surface area contributed by atoms with Crippen LogP contribution in [0.1, 0.15) is 12.0 Å². The van der Waals surface area contributed by atoms with Gasteiger partial charge in [0.25, 0.3) is 0 Å². The Labute approximate surface area is 138 Å². The molecule has 3 rings (SSSR count). The number of hydrogen-bond donors (Lipinski definition) is 1. The van der Waals surface area contributed by atoms with Crippen LogP contribution >= 0.6 is 15.9 Å². The van der Waals surface area contributed by atoms with Crippen LogP contribution in [0.5, 0.6) is 0 Å². The zero-order valence-electron chi connectivity index (χ0n) is 12.7. The first-order chi connectivity index (χ1) is 10.6. The van der Waals surface area contributed by atoms with Gasteiger partial charge >= 0.3 is 5.97 Å². The molecule has 0 spiro atoms. The third-order valence-corrected chi connectivity index (χ3v) is 4.98. The number of carbonyl (C=O) groups excluding carboxylic acids is 1. The molecule has 0 fully saturated rings. The number of fused-ring (bicyclic) bond motifs is 1. The molecule has 2 aromatic rings. The second-order valence-electron chi connectivity index (χ2n) is 5.71. The number of ether oxygens (including phenoxy) is 1. The van der Waals surface area contributed by atoms with Crippen molar-refractivity contribution < 1.29 is 9.53 Å². The number of methoxy groups -OCH3 is 1. The van der Waals surface area contributed by atoms with Gasteiger partial charge in [-0.15, -0.1) is 0 Å². The number of likely N-dealkylation sites (N-methyl/N-ethyl adjacent to an activating group) is 1. The topological polar surface area (TPSA) is 45.3 Å². The van der Waals surface area contributed by atoms with E-state index in [4.69, 9.17) is 4.74 Å². The molecule has 0 aliphatic carbocycles. The smallest absolute Gasteiger partial charge is 0.334 e. The molecular weight excluding hydrogens is 344 g/mol. The lowest BCUT2D eigenvalue weighted by Crippen LogP contribution is -2.39. The lowest BCUT2D eigenvalue weighted by Gasteiger charge is -2.31. The summed E-state index contributed by atoms with van der Waals surface area (Å²) in [6.07, 6.45) is 5.91. The minimum absolute atomic E-state index is 0.222. The van der Waals surface area contributed by atoms with Gasteiger partial charge in [-0.1, -0.05) is 28.1 Å². The Balaban J connectivity index is 1.81. The number of carbonyl (C=O) groups is 1. The summed E-state index contributed by atoms with van der Waals surface area (Å²) in [5, 5.41) is 1.25. The number of esters is 1. The van der Waals surface area contributed by atoms with Crippen LogP contribution in [0.15, 0.2) is 40.5 Å². The van der Waals surface area contributed by atoms with Crippen molar-refractivity contribution in [3.8, 4) is 0 Å². The molecule has 1 aromatic heterocycles. The van der Waals surface area contributed by atoms with E-state index in [1.165, 1.54) is 18.1 Å². The van der Waals surface area contributed by atoms with E-state index in [2.05, 4.69) is 51.2 Å². The van der Waals surface area contributed by atoms with Crippen LogP contribution in [0, 0.1) is 0 Å². The highest BCUT2D eigenvalue weighted by Gasteiger charge is 2.24. The number of rotatable bonds is 3. The predicted octanol–water partition coefficient (Wildman–Crippen LogP) is 3.28. The molecule has 2 heterocycles. The first kappa shape index (κ1) is 15.3. The van der Waals surface area contributed by atoms with Crippen LogP contribution in [0.4, 0.5) is 0 Å².